The van der Waals surface area contributed by atoms with Crippen molar-refractivity contribution in [1.29, 1.82) is 0 Å². The molecule has 1 fully saturated rings. The lowest BCUT2D eigenvalue weighted by Gasteiger charge is -2.37. The van der Waals surface area contributed by atoms with Crippen LogP contribution in [-0.2, 0) is 4.79 Å². The van der Waals surface area contributed by atoms with Crippen LogP contribution in [0.15, 0.2) is 22.5 Å². The van der Waals surface area contributed by atoms with Gasteiger partial charge in [0, 0.05) is 46.8 Å². The lowest BCUT2D eigenvalue weighted by Crippen LogP contribution is -2.52. The zero-order chi connectivity index (χ0) is 15.9. The van der Waals surface area contributed by atoms with Gasteiger partial charge in [0.25, 0.3) is 0 Å². The smallest absolute Gasteiger partial charge is 0.243 e. The Morgan fingerprint density at radius 1 is 1.35 bits per heavy atom. The number of likely N-dealkylation sites (N-methyl/N-ethyl adjacent to an activating group) is 1. The van der Waals surface area contributed by atoms with E-state index in [0.717, 1.165) is 38.7 Å². The van der Waals surface area contributed by atoms with Crippen molar-refractivity contribution in [2.24, 2.45) is 4.99 Å². The summed E-state index contributed by atoms with van der Waals surface area (Å²) in [6, 6.07) is 4.25. The van der Waals surface area contributed by atoms with Gasteiger partial charge in [-0.15, -0.1) is 35.3 Å². The summed E-state index contributed by atoms with van der Waals surface area (Å²) in [5, 5.41) is 6.72. The molecule has 1 aromatic heterocycles. The van der Waals surface area contributed by atoms with Crippen LogP contribution in [0.2, 0.25) is 0 Å². The summed E-state index contributed by atoms with van der Waals surface area (Å²) in [4.78, 5) is 22.4. The highest BCUT2D eigenvalue weighted by molar-refractivity contribution is 14.0. The Morgan fingerprint density at radius 3 is 2.57 bits per heavy atom. The minimum Gasteiger partial charge on any atom is -0.360 e. The van der Waals surface area contributed by atoms with Gasteiger partial charge in [0.1, 0.15) is 6.54 Å². The molecule has 130 valence electrons. The first-order valence-electron chi connectivity index (χ1n) is 7.63. The molecule has 0 radical (unpaired) electrons. The second-order valence-electron chi connectivity index (χ2n) is 5.38. The zero-order valence-corrected chi connectivity index (χ0v) is 17.1. The molecule has 2 heterocycles. The Labute approximate surface area is 159 Å². The first kappa shape index (κ1) is 20.0. The topological polar surface area (TPSA) is 51.2 Å². The fraction of sp³-hybridized carbons (Fsp3) is 0.600. The molecule has 0 spiro atoms. The molecular formula is C15H26IN5OS. The number of guanidine groups is 1. The Kier molecular flexibility index (Phi) is 8.67. The molecule has 0 atom stereocenters. The summed E-state index contributed by atoms with van der Waals surface area (Å²) in [6.45, 7) is 6.84. The van der Waals surface area contributed by atoms with Crippen molar-refractivity contribution in [2.45, 2.75) is 6.92 Å². The van der Waals surface area contributed by atoms with Gasteiger partial charge in [0.15, 0.2) is 5.96 Å². The lowest BCUT2D eigenvalue weighted by molar-refractivity contribution is -0.127. The van der Waals surface area contributed by atoms with Crippen molar-refractivity contribution in [3.05, 3.63) is 17.5 Å². The maximum atomic E-state index is 11.7. The zero-order valence-electron chi connectivity index (χ0n) is 14.0. The fourth-order valence-electron chi connectivity index (χ4n) is 2.30. The minimum absolute atomic E-state index is 0. The van der Waals surface area contributed by atoms with Crippen molar-refractivity contribution in [2.75, 3.05) is 58.3 Å². The van der Waals surface area contributed by atoms with E-state index in [1.807, 2.05) is 6.92 Å². The third-order valence-corrected chi connectivity index (χ3v) is 4.52. The first-order valence-corrected chi connectivity index (χ1v) is 8.51. The van der Waals surface area contributed by atoms with Crippen LogP contribution in [0.5, 0.6) is 0 Å². The molecule has 1 N–H and O–H groups in total. The highest BCUT2D eigenvalue weighted by atomic mass is 127. The van der Waals surface area contributed by atoms with Crippen molar-refractivity contribution >= 4 is 52.2 Å². The lowest BCUT2D eigenvalue weighted by atomic mass is 10.3. The highest BCUT2D eigenvalue weighted by Gasteiger charge is 2.20. The first-order chi connectivity index (χ1) is 10.6. The van der Waals surface area contributed by atoms with Gasteiger partial charge < -0.3 is 20.0 Å². The Bertz CT molecular complexity index is 498. The number of carbonyl (C=O) groups is 1. The number of piperazine rings is 1. The molecule has 0 aliphatic carbocycles. The van der Waals surface area contributed by atoms with Crippen molar-refractivity contribution in [1.82, 2.24) is 15.1 Å². The van der Waals surface area contributed by atoms with Gasteiger partial charge >= 0.3 is 0 Å². The van der Waals surface area contributed by atoms with E-state index in [0.29, 0.717) is 0 Å². The van der Waals surface area contributed by atoms with Crippen LogP contribution in [0.25, 0.3) is 0 Å². The molecule has 8 heteroatoms. The van der Waals surface area contributed by atoms with Gasteiger partial charge in [-0.05, 0) is 24.4 Å². The summed E-state index contributed by atoms with van der Waals surface area (Å²) in [7, 11) is 3.51. The van der Waals surface area contributed by atoms with Gasteiger partial charge in [0.05, 0.1) is 5.00 Å². The molecule has 0 saturated carbocycles. The SMILES string of the molecule is CCNC(=NCC(=O)N(C)C)N1CCN(c2cccs2)CC1.I. The minimum atomic E-state index is 0. The largest absolute Gasteiger partial charge is 0.360 e. The number of hydrogen-bond donors (Lipinski definition) is 1. The number of hydrogen-bond acceptors (Lipinski definition) is 4. The summed E-state index contributed by atoms with van der Waals surface area (Å²) in [6.07, 6.45) is 0. The average molecular weight is 451 g/mol. The number of thiophene rings is 1. The molecule has 1 amide bonds. The number of halogens is 1. The molecule has 1 aliphatic rings. The van der Waals surface area contributed by atoms with Gasteiger partial charge in [-0.25, -0.2) is 4.99 Å². The monoisotopic (exact) mass is 451 g/mol. The predicted octanol–water partition coefficient (Wildman–Crippen LogP) is 1.54. The molecule has 1 aromatic rings. The van der Waals surface area contributed by atoms with Crippen LogP contribution in [0.1, 0.15) is 6.92 Å². The van der Waals surface area contributed by atoms with E-state index in [4.69, 9.17) is 0 Å². The summed E-state index contributed by atoms with van der Waals surface area (Å²) in [5.41, 5.74) is 0. The van der Waals surface area contributed by atoms with Crippen LogP contribution in [0.4, 0.5) is 5.00 Å². The van der Waals surface area contributed by atoms with Crippen LogP contribution >= 0.6 is 35.3 Å². The second kappa shape index (κ2) is 9.96. The molecule has 6 nitrogen and oxygen atoms in total. The fourth-order valence-corrected chi connectivity index (χ4v) is 3.08. The molecule has 1 saturated heterocycles. The van der Waals surface area contributed by atoms with E-state index in [2.05, 4.69) is 37.6 Å². The van der Waals surface area contributed by atoms with E-state index >= 15 is 0 Å². The maximum absolute atomic E-state index is 11.7. The van der Waals surface area contributed by atoms with E-state index in [1.165, 1.54) is 5.00 Å². The van der Waals surface area contributed by atoms with Crippen LogP contribution in [-0.4, -0.2) is 75.0 Å². The summed E-state index contributed by atoms with van der Waals surface area (Å²) >= 11 is 1.78. The van der Waals surface area contributed by atoms with Gasteiger partial charge in [-0.1, -0.05) is 0 Å². The number of amides is 1. The van der Waals surface area contributed by atoms with Crippen molar-refractivity contribution in [3.8, 4) is 0 Å². The Hall–Kier alpha value is -1.03. The normalized spacial score (nSPS) is 15.2. The number of nitrogens with one attached hydrogen (secondary N) is 1. The average Bonchev–Trinajstić information content (AvgIpc) is 3.05. The third kappa shape index (κ3) is 5.83. The molecule has 0 bridgehead atoms. The molecule has 0 aromatic carbocycles. The summed E-state index contributed by atoms with van der Waals surface area (Å²) < 4.78 is 0. The third-order valence-electron chi connectivity index (χ3n) is 3.59. The Morgan fingerprint density at radius 2 is 2.04 bits per heavy atom. The van der Waals surface area contributed by atoms with E-state index in [-0.39, 0.29) is 36.4 Å². The van der Waals surface area contributed by atoms with Gasteiger partial charge in [0.2, 0.25) is 5.91 Å². The number of rotatable bonds is 4. The number of carbonyl (C=O) groups excluding carboxylic acids is 1. The Balaban J connectivity index is 0.00000264. The second-order valence-corrected chi connectivity index (χ2v) is 6.31. The van der Waals surface area contributed by atoms with Crippen LogP contribution in [0.3, 0.4) is 0 Å². The van der Waals surface area contributed by atoms with Crippen LogP contribution < -0.4 is 10.2 Å². The van der Waals surface area contributed by atoms with E-state index < -0.39 is 0 Å². The van der Waals surface area contributed by atoms with Gasteiger partial charge in [-0.2, -0.15) is 0 Å². The molecule has 0 unspecified atom stereocenters. The van der Waals surface area contributed by atoms with Crippen molar-refractivity contribution in [3.63, 3.8) is 0 Å². The maximum Gasteiger partial charge on any atom is 0.243 e. The van der Waals surface area contributed by atoms with E-state index in [9.17, 15) is 4.79 Å². The van der Waals surface area contributed by atoms with Crippen molar-refractivity contribution < 1.29 is 4.79 Å². The quantitative estimate of drug-likeness (QED) is 0.429. The highest BCUT2D eigenvalue weighted by Crippen LogP contribution is 2.22. The number of aliphatic imine (C=N–C) groups is 1. The molecule has 2 rings (SSSR count). The van der Waals surface area contributed by atoms with E-state index in [1.54, 1.807) is 30.3 Å². The molecule has 1 aliphatic heterocycles. The standard InChI is InChI=1S/C15H25N5OS.HI/c1-4-16-15(17-12-13(21)18(2)3)20-9-7-19(8-10-20)14-6-5-11-22-14;/h5-6,11H,4,7-10,12H2,1-3H3,(H,16,17);1H. The molecule has 23 heavy (non-hydrogen) atoms. The van der Waals surface area contributed by atoms with Crippen LogP contribution in [0, 0.1) is 0 Å². The predicted molar refractivity (Wildman–Crippen MR) is 108 cm³/mol. The number of anilines is 1. The molecular weight excluding hydrogens is 425 g/mol. The summed E-state index contributed by atoms with van der Waals surface area (Å²) in [5.74, 6) is 0.858. The van der Waals surface area contributed by atoms with Gasteiger partial charge in [-0.3, -0.25) is 4.79 Å². The number of nitrogens with zero attached hydrogens (tertiary/aromatic N) is 4.